The number of ether oxygens (including phenoxy) is 2. The van der Waals surface area contributed by atoms with Gasteiger partial charge in [-0.2, -0.15) is 0 Å². The summed E-state index contributed by atoms with van der Waals surface area (Å²) < 4.78 is 11.4. The third-order valence-electron chi connectivity index (χ3n) is 3.72. The van der Waals surface area contributed by atoms with E-state index in [1.807, 2.05) is 36.4 Å². The van der Waals surface area contributed by atoms with E-state index >= 15 is 0 Å². The SMILES string of the molecule is COc1cc(CNCc2cccs2)ccc1OCc1cccc(Cl)c1.Cl. The highest BCUT2D eigenvalue weighted by atomic mass is 35.5. The molecule has 3 rings (SSSR count). The molecule has 0 saturated carbocycles. The summed E-state index contributed by atoms with van der Waals surface area (Å²) in [5, 5.41) is 6.24. The van der Waals surface area contributed by atoms with Gasteiger partial charge in [-0.05, 0) is 46.8 Å². The van der Waals surface area contributed by atoms with Gasteiger partial charge in [-0.15, -0.1) is 23.7 Å². The molecule has 0 aliphatic carbocycles. The number of halogens is 2. The predicted molar refractivity (Wildman–Crippen MR) is 111 cm³/mol. The molecule has 26 heavy (non-hydrogen) atoms. The molecule has 1 aromatic heterocycles. The van der Waals surface area contributed by atoms with Gasteiger partial charge in [0.25, 0.3) is 0 Å². The Morgan fingerprint density at radius 1 is 0.962 bits per heavy atom. The van der Waals surface area contributed by atoms with E-state index in [1.54, 1.807) is 18.4 Å². The van der Waals surface area contributed by atoms with Gasteiger partial charge in [0.15, 0.2) is 11.5 Å². The quantitative estimate of drug-likeness (QED) is 0.517. The summed E-state index contributed by atoms with van der Waals surface area (Å²) in [4.78, 5) is 1.33. The maximum atomic E-state index is 6.00. The van der Waals surface area contributed by atoms with E-state index in [-0.39, 0.29) is 12.4 Å². The van der Waals surface area contributed by atoms with Crippen molar-refractivity contribution in [1.82, 2.24) is 5.32 Å². The van der Waals surface area contributed by atoms with Gasteiger partial charge in [-0.3, -0.25) is 0 Å². The topological polar surface area (TPSA) is 30.5 Å². The fourth-order valence-corrected chi connectivity index (χ4v) is 3.36. The van der Waals surface area contributed by atoms with E-state index in [0.29, 0.717) is 11.6 Å². The lowest BCUT2D eigenvalue weighted by Gasteiger charge is -2.13. The molecule has 0 fully saturated rings. The number of benzene rings is 2. The van der Waals surface area contributed by atoms with Crippen molar-refractivity contribution in [2.24, 2.45) is 0 Å². The van der Waals surface area contributed by atoms with Crippen LogP contribution in [0.1, 0.15) is 16.0 Å². The molecule has 1 N–H and O–H groups in total. The molecule has 0 radical (unpaired) electrons. The van der Waals surface area contributed by atoms with Crippen LogP contribution in [0.25, 0.3) is 0 Å². The Balaban J connectivity index is 0.00000243. The zero-order valence-electron chi connectivity index (χ0n) is 14.4. The molecule has 3 aromatic rings. The summed E-state index contributed by atoms with van der Waals surface area (Å²) in [5.74, 6) is 1.46. The minimum absolute atomic E-state index is 0. The summed E-state index contributed by atoms with van der Waals surface area (Å²) in [7, 11) is 1.66. The van der Waals surface area contributed by atoms with Crippen molar-refractivity contribution < 1.29 is 9.47 Å². The first kappa shape index (κ1) is 20.6. The standard InChI is InChI=1S/C20H20ClNO2S.ClH/c1-23-20-11-15(12-22-13-18-6-3-9-25-18)7-8-19(20)24-14-16-4-2-5-17(21)10-16;/h2-11,22H,12-14H2,1H3;1H. The second-order valence-corrected chi connectivity index (χ2v) is 7.06. The first-order valence-corrected chi connectivity index (χ1v) is 9.27. The molecule has 2 aromatic carbocycles. The van der Waals surface area contributed by atoms with E-state index < -0.39 is 0 Å². The van der Waals surface area contributed by atoms with E-state index in [9.17, 15) is 0 Å². The van der Waals surface area contributed by atoms with Crippen LogP contribution in [-0.2, 0) is 19.7 Å². The summed E-state index contributed by atoms with van der Waals surface area (Å²) >= 11 is 7.76. The lowest BCUT2D eigenvalue weighted by atomic mass is 10.2. The molecule has 1 heterocycles. The summed E-state index contributed by atoms with van der Waals surface area (Å²) in [6, 6.07) is 17.9. The Hall–Kier alpha value is -1.72. The van der Waals surface area contributed by atoms with Crippen molar-refractivity contribution in [2.45, 2.75) is 19.7 Å². The van der Waals surface area contributed by atoms with Crippen LogP contribution in [0.15, 0.2) is 60.0 Å². The van der Waals surface area contributed by atoms with Crippen molar-refractivity contribution in [1.29, 1.82) is 0 Å². The number of rotatable bonds is 8. The van der Waals surface area contributed by atoms with Crippen LogP contribution in [-0.4, -0.2) is 7.11 Å². The van der Waals surface area contributed by atoms with E-state index in [4.69, 9.17) is 21.1 Å². The van der Waals surface area contributed by atoms with Crippen LogP contribution in [0.4, 0.5) is 0 Å². The molecular formula is C20H21Cl2NO2S. The third-order valence-corrected chi connectivity index (χ3v) is 4.83. The Kier molecular flexibility index (Phi) is 8.26. The number of hydrogen-bond acceptors (Lipinski definition) is 4. The first-order chi connectivity index (χ1) is 12.2. The van der Waals surface area contributed by atoms with Gasteiger partial charge in [-0.1, -0.05) is 35.9 Å². The van der Waals surface area contributed by atoms with Crippen LogP contribution in [0.2, 0.25) is 5.02 Å². The molecule has 0 amide bonds. The summed E-state index contributed by atoms with van der Waals surface area (Å²) in [5.41, 5.74) is 2.18. The fourth-order valence-electron chi connectivity index (χ4n) is 2.47. The zero-order chi connectivity index (χ0) is 17.5. The maximum absolute atomic E-state index is 6.00. The average molecular weight is 410 g/mol. The summed E-state index contributed by atoms with van der Waals surface area (Å²) in [6.45, 7) is 2.10. The average Bonchev–Trinajstić information content (AvgIpc) is 3.14. The highest BCUT2D eigenvalue weighted by Crippen LogP contribution is 2.29. The van der Waals surface area contributed by atoms with Crippen molar-refractivity contribution in [3.8, 4) is 11.5 Å². The first-order valence-electron chi connectivity index (χ1n) is 8.02. The lowest BCUT2D eigenvalue weighted by Crippen LogP contribution is -2.11. The Morgan fingerprint density at radius 2 is 1.85 bits per heavy atom. The zero-order valence-corrected chi connectivity index (χ0v) is 16.8. The van der Waals surface area contributed by atoms with Gasteiger partial charge in [0.2, 0.25) is 0 Å². The normalized spacial score (nSPS) is 10.2. The van der Waals surface area contributed by atoms with Gasteiger partial charge in [-0.25, -0.2) is 0 Å². The van der Waals surface area contributed by atoms with Crippen molar-refractivity contribution in [2.75, 3.05) is 7.11 Å². The van der Waals surface area contributed by atoms with Crippen LogP contribution in [0.3, 0.4) is 0 Å². The number of thiophene rings is 1. The minimum atomic E-state index is 0. The Morgan fingerprint density at radius 3 is 2.58 bits per heavy atom. The molecule has 6 heteroatoms. The Bertz CT molecular complexity index is 809. The highest BCUT2D eigenvalue weighted by Gasteiger charge is 2.07. The van der Waals surface area contributed by atoms with Gasteiger partial charge in [0.05, 0.1) is 7.11 Å². The van der Waals surface area contributed by atoms with Gasteiger partial charge >= 0.3 is 0 Å². The minimum Gasteiger partial charge on any atom is -0.493 e. The maximum Gasteiger partial charge on any atom is 0.161 e. The monoisotopic (exact) mass is 409 g/mol. The van der Waals surface area contributed by atoms with E-state index in [1.165, 1.54) is 4.88 Å². The smallest absolute Gasteiger partial charge is 0.161 e. The molecule has 138 valence electrons. The number of nitrogens with one attached hydrogen (secondary N) is 1. The highest BCUT2D eigenvalue weighted by molar-refractivity contribution is 7.09. The predicted octanol–water partition coefficient (Wildman–Crippen LogP) is 5.70. The van der Waals surface area contributed by atoms with Crippen molar-refractivity contribution >= 4 is 35.3 Å². The molecule has 3 nitrogen and oxygen atoms in total. The van der Waals surface area contributed by atoms with Crippen molar-refractivity contribution in [3.63, 3.8) is 0 Å². The van der Waals surface area contributed by atoms with Crippen molar-refractivity contribution in [3.05, 3.63) is 81.0 Å². The summed E-state index contributed by atoms with van der Waals surface area (Å²) in [6.07, 6.45) is 0. The number of methoxy groups -OCH3 is 1. The molecule has 0 bridgehead atoms. The molecule has 0 atom stereocenters. The van der Waals surface area contributed by atoms with Crippen LogP contribution in [0, 0.1) is 0 Å². The third kappa shape index (κ3) is 5.92. The van der Waals surface area contributed by atoms with Gasteiger partial charge in [0, 0.05) is 23.0 Å². The second kappa shape index (κ2) is 10.4. The molecule has 0 unspecified atom stereocenters. The molecular weight excluding hydrogens is 389 g/mol. The van der Waals surface area contributed by atoms with E-state index in [2.05, 4.69) is 28.9 Å². The number of hydrogen-bond donors (Lipinski definition) is 1. The second-order valence-electron chi connectivity index (χ2n) is 5.59. The van der Waals surface area contributed by atoms with Crippen LogP contribution < -0.4 is 14.8 Å². The molecule has 0 aliphatic rings. The Labute approximate surface area is 169 Å². The van der Waals surface area contributed by atoms with Crippen LogP contribution in [0.5, 0.6) is 11.5 Å². The van der Waals surface area contributed by atoms with Gasteiger partial charge in [0.1, 0.15) is 6.61 Å². The largest absolute Gasteiger partial charge is 0.493 e. The molecule has 0 aliphatic heterocycles. The fraction of sp³-hybridized carbons (Fsp3) is 0.200. The van der Waals surface area contributed by atoms with Gasteiger partial charge < -0.3 is 14.8 Å². The molecule has 0 spiro atoms. The lowest BCUT2D eigenvalue weighted by molar-refractivity contribution is 0.284. The van der Waals surface area contributed by atoms with Crippen LogP contribution >= 0.6 is 35.3 Å². The molecule has 0 saturated heterocycles. The van der Waals surface area contributed by atoms with E-state index in [0.717, 1.165) is 35.7 Å².